The van der Waals surface area contributed by atoms with Gasteiger partial charge in [0.05, 0.1) is 11.2 Å². The first-order valence-electron chi connectivity index (χ1n) is 8.12. The summed E-state index contributed by atoms with van der Waals surface area (Å²) in [5, 5.41) is 2.96. The number of aryl methyl sites for hydroxylation is 2. The topological polar surface area (TPSA) is 68.0 Å². The van der Waals surface area contributed by atoms with Gasteiger partial charge in [-0.3, -0.25) is 4.79 Å². The van der Waals surface area contributed by atoms with Gasteiger partial charge in [0.15, 0.2) is 11.5 Å². The average molecular weight is 343 g/mol. The van der Waals surface area contributed by atoms with Crippen LogP contribution >= 0.6 is 11.3 Å². The van der Waals surface area contributed by atoms with Crippen LogP contribution in [0.25, 0.3) is 11.1 Å². The normalized spacial score (nSPS) is 11.3. The van der Waals surface area contributed by atoms with Crippen molar-refractivity contribution < 1.29 is 9.21 Å². The van der Waals surface area contributed by atoms with Crippen molar-refractivity contribution in [3.05, 3.63) is 45.7 Å². The van der Waals surface area contributed by atoms with Crippen LogP contribution < -0.4 is 5.32 Å². The molecule has 0 saturated carbocycles. The van der Waals surface area contributed by atoms with E-state index in [2.05, 4.69) is 15.3 Å². The van der Waals surface area contributed by atoms with Crippen LogP contribution in [0.5, 0.6) is 0 Å². The highest BCUT2D eigenvalue weighted by Crippen LogP contribution is 2.22. The van der Waals surface area contributed by atoms with E-state index in [-0.39, 0.29) is 11.8 Å². The molecule has 0 aliphatic rings. The van der Waals surface area contributed by atoms with E-state index in [4.69, 9.17) is 4.42 Å². The molecule has 1 aromatic carbocycles. The molecule has 0 aliphatic carbocycles. The zero-order chi connectivity index (χ0) is 17.1. The Morgan fingerprint density at radius 1 is 1.38 bits per heavy atom. The minimum absolute atomic E-state index is 0.0768. The second-order valence-corrected chi connectivity index (χ2v) is 7.05. The lowest BCUT2D eigenvalue weighted by molar-refractivity contribution is 0.0953. The Labute approximate surface area is 145 Å². The van der Waals surface area contributed by atoms with E-state index < -0.39 is 0 Å². The van der Waals surface area contributed by atoms with Crippen molar-refractivity contribution in [3.63, 3.8) is 0 Å². The Morgan fingerprint density at radius 2 is 2.21 bits per heavy atom. The van der Waals surface area contributed by atoms with Crippen molar-refractivity contribution in [2.24, 2.45) is 0 Å². The van der Waals surface area contributed by atoms with Gasteiger partial charge in [-0.15, -0.1) is 11.3 Å². The molecule has 0 spiro atoms. The highest BCUT2D eigenvalue weighted by Gasteiger charge is 2.12. The number of benzene rings is 1. The molecule has 0 radical (unpaired) electrons. The van der Waals surface area contributed by atoms with E-state index in [1.54, 1.807) is 23.5 Å². The number of amides is 1. The molecule has 0 bridgehead atoms. The van der Waals surface area contributed by atoms with Crippen LogP contribution in [0.4, 0.5) is 0 Å². The maximum Gasteiger partial charge on any atom is 0.251 e. The van der Waals surface area contributed by atoms with Crippen LogP contribution in [-0.2, 0) is 6.42 Å². The molecular weight excluding hydrogens is 322 g/mol. The number of hydrogen-bond donors (Lipinski definition) is 1. The molecule has 0 unspecified atom stereocenters. The van der Waals surface area contributed by atoms with Crippen LogP contribution in [0.2, 0.25) is 0 Å². The molecule has 126 valence electrons. The highest BCUT2D eigenvalue weighted by molar-refractivity contribution is 7.09. The van der Waals surface area contributed by atoms with Gasteiger partial charge in [0, 0.05) is 22.9 Å². The highest BCUT2D eigenvalue weighted by atomic mass is 32.1. The molecule has 1 N–H and O–H groups in total. The number of carbonyl (C=O) groups excluding carboxylic acids is 1. The molecule has 0 atom stereocenters. The van der Waals surface area contributed by atoms with Gasteiger partial charge in [-0.25, -0.2) is 9.97 Å². The van der Waals surface area contributed by atoms with Gasteiger partial charge in [0.1, 0.15) is 5.52 Å². The summed E-state index contributed by atoms with van der Waals surface area (Å²) in [7, 11) is 0. The quantitative estimate of drug-likeness (QED) is 0.685. The lowest BCUT2D eigenvalue weighted by atomic mass is 10.2. The third-order valence-electron chi connectivity index (χ3n) is 3.87. The molecule has 3 rings (SSSR count). The summed E-state index contributed by atoms with van der Waals surface area (Å²) in [6.07, 6.45) is 1.84. The minimum Gasteiger partial charge on any atom is -0.440 e. The summed E-state index contributed by atoms with van der Waals surface area (Å²) in [6, 6.07) is 5.37. The Kier molecular flexibility index (Phi) is 4.94. The molecule has 24 heavy (non-hydrogen) atoms. The molecule has 0 saturated heterocycles. The predicted molar refractivity (Wildman–Crippen MR) is 95.6 cm³/mol. The zero-order valence-corrected chi connectivity index (χ0v) is 14.9. The van der Waals surface area contributed by atoms with Gasteiger partial charge in [-0.05, 0) is 38.0 Å². The predicted octanol–water partition coefficient (Wildman–Crippen LogP) is 4.08. The fourth-order valence-electron chi connectivity index (χ4n) is 2.45. The second-order valence-electron chi connectivity index (χ2n) is 6.11. The zero-order valence-electron chi connectivity index (χ0n) is 14.1. The monoisotopic (exact) mass is 343 g/mol. The first kappa shape index (κ1) is 16.6. The van der Waals surface area contributed by atoms with E-state index in [1.807, 2.05) is 32.3 Å². The smallest absolute Gasteiger partial charge is 0.251 e. The summed E-state index contributed by atoms with van der Waals surface area (Å²) < 4.78 is 5.67. The number of thiazole rings is 1. The Hall–Kier alpha value is -2.21. The molecule has 5 nitrogen and oxygen atoms in total. The number of nitrogens with zero attached hydrogens (tertiary/aromatic N) is 2. The van der Waals surface area contributed by atoms with E-state index in [0.29, 0.717) is 18.0 Å². The molecule has 3 aromatic rings. The molecule has 6 heteroatoms. The van der Waals surface area contributed by atoms with Crippen molar-refractivity contribution in [2.75, 3.05) is 6.54 Å². The number of nitrogens with one attached hydrogen (secondary N) is 1. The van der Waals surface area contributed by atoms with Gasteiger partial charge in [-0.2, -0.15) is 0 Å². The SMILES string of the molecule is Cc1ncsc1CCCNC(=O)c1ccc2oc(C(C)C)nc2c1. The maximum absolute atomic E-state index is 12.3. The first-order valence-corrected chi connectivity index (χ1v) is 9.00. The number of fused-ring (bicyclic) bond motifs is 1. The van der Waals surface area contributed by atoms with Crippen LogP contribution in [0, 0.1) is 6.92 Å². The van der Waals surface area contributed by atoms with Crippen LogP contribution in [0.15, 0.2) is 28.1 Å². The van der Waals surface area contributed by atoms with Crippen molar-refractivity contribution in [3.8, 4) is 0 Å². The van der Waals surface area contributed by atoms with Crippen molar-refractivity contribution >= 4 is 28.3 Å². The van der Waals surface area contributed by atoms with Gasteiger partial charge in [-0.1, -0.05) is 13.8 Å². The fraction of sp³-hybridized carbons (Fsp3) is 0.389. The molecule has 0 aliphatic heterocycles. The summed E-state index contributed by atoms with van der Waals surface area (Å²) in [5.74, 6) is 0.847. The second kappa shape index (κ2) is 7.13. The van der Waals surface area contributed by atoms with E-state index in [9.17, 15) is 4.79 Å². The minimum atomic E-state index is -0.0768. The largest absolute Gasteiger partial charge is 0.440 e. The van der Waals surface area contributed by atoms with Crippen LogP contribution in [0.3, 0.4) is 0 Å². The van der Waals surface area contributed by atoms with Gasteiger partial charge < -0.3 is 9.73 Å². The van der Waals surface area contributed by atoms with Crippen LogP contribution in [0.1, 0.15) is 53.0 Å². The number of carbonyl (C=O) groups is 1. The summed E-state index contributed by atoms with van der Waals surface area (Å²) in [4.78, 5) is 22.2. The van der Waals surface area contributed by atoms with E-state index in [1.165, 1.54) is 4.88 Å². The Balaban J connectivity index is 1.58. The van der Waals surface area contributed by atoms with Crippen molar-refractivity contribution in [1.29, 1.82) is 0 Å². The van der Waals surface area contributed by atoms with Gasteiger partial charge in [0.25, 0.3) is 5.91 Å². The van der Waals surface area contributed by atoms with Gasteiger partial charge >= 0.3 is 0 Å². The molecule has 0 fully saturated rings. The fourth-order valence-corrected chi connectivity index (χ4v) is 3.28. The summed E-state index contributed by atoms with van der Waals surface area (Å²) in [6.45, 7) is 6.72. The number of rotatable bonds is 6. The lowest BCUT2D eigenvalue weighted by Crippen LogP contribution is -2.24. The number of oxazole rings is 1. The average Bonchev–Trinajstić information content (AvgIpc) is 3.16. The standard InChI is InChI=1S/C18H21N3O2S/c1-11(2)18-21-14-9-13(6-7-15(14)23-18)17(22)19-8-4-5-16-12(3)20-10-24-16/h6-7,9-11H,4-5,8H2,1-3H3,(H,19,22). The third kappa shape index (κ3) is 3.64. The van der Waals surface area contributed by atoms with Crippen molar-refractivity contribution in [1.82, 2.24) is 15.3 Å². The summed E-state index contributed by atoms with van der Waals surface area (Å²) in [5.41, 5.74) is 5.01. The first-order chi connectivity index (χ1) is 11.5. The molecular formula is C18H21N3O2S. The van der Waals surface area contributed by atoms with Crippen LogP contribution in [-0.4, -0.2) is 22.4 Å². The Morgan fingerprint density at radius 3 is 2.92 bits per heavy atom. The molecule has 1 amide bonds. The maximum atomic E-state index is 12.3. The molecule has 2 heterocycles. The van der Waals surface area contributed by atoms with Gasteiger partial charge in [0.2, 0.25) is 0 Å². The lowest BCUT2D eigenvalue weighted by Gasteiger charge is -2.04. The third-order valence-corrected chi connectivity index (χ3v) is 4.87. The van der Waals surface area contributed by atoms with E-state index >= 15 is 0 Å². The van der Waals surface area contributed by atoms with Crippen molar-refractivity contribution in [2.45, 2.75) is 39.5 Å². The summed E-state index contributed by atoms with van der Waals surface area (Å²) >= 11 is 1.67. The Bertz CT molecular complexity index is 851. The molecule has 2 aromatic heterocycles. The number of aromatic nitrogens is 2. The van der Waals surface area contributed by atoms with E-state index in [0.717, 1.165) is 29.6 Å². The number of hydrogen-bond acceptors (Lipinski definition) is 5.